The molecular weight excluding hydrogens is 378 g/mol. The molecule has 0 amide bonds. The van der Waals surface area contributed by atoms with Gasteiger partial charge in [-0.15, -0.1) is 0 Å². The molecule has 0 aromatic heterocycles. The van der Waals surface area contributed by atoms with E-state index in [1.807, 2.05) is 48.5 Å². The highest BCUT2D eigenvalue weighted by Gasteiger charge is 2.18. The minimum absolute atomic E-state index is 0.259. The molecule has 128 valence electrons. The van der Waals surface area contributed by atoms with Crippen LogP contribution in [0.25, 0.3) is 11.6 Å². The Kier molecular flexibility index (Phi) is 5.78. The Morgan fingerprint density at radius 3 is 2.48 bits per heavy atom. The van der Waals surface area contributed by atoms with Gasteiger partial charge in [0.1, 0.15) is 0 Å². The summed E-state index contributed by atoms with van der Waals surface area (Å²) in [5, 5.41) is 9.52. The first-order valence-electron chi connectivity index (χ1n) is 8.42. The average molecular weight is 398 g/mol. The lowest BCUT2D eigenvalue weighted by Gasteiger charge is -2.16. The van der Waals surface area contributed by atoms with E-state index in [1.165, 1.54) is 12.8 Å². The molecule has 25 heavy (non-hydrogen) atoms. The van der Waals surface area contributed by atoms with Crippen LogP contribution in [-0.2, 0) is 0 Å². The van der Waals surface area contributed by atoms with E-state index in [9.17, 15) is 5.26 Å². The molecule has 0 atom stereocenters. The summed E-state index contributed by atoms with van der Waals surface area (Å²) in [7, 11) is 1.65. The number of halogens is 1. The van der Waals surface area contributed by atoms with Crippen molar-refractivity contribution in [1.82, 2.24) is 0 Å². The molecule has 0 radical (unpaired) electrons. The minimum Gasteiger partial charge on any atom is -0.493 e. The van der Waals surface area contributed by atoms with Crippen LogP contribution in [0.5, 0.6) is 11.5 Å². The van der Waals surface area contributed by atoms with Crippen molar-refractivity contribution >= 4 is 27.6 Å². The molecule has 0 spiro atoms. The average Bonchev–Trinajstić information content (AvgIpc) is 3.14. The van der Waals surface area contributed by atoms with Gasteiger partial charge < -0.3 is 9.47 Å². The van der Waals surface area contributed by atoms with Gasteiger partial charge >= 0.3 is 0 Å². The first kappa shape index (κ1) is 17.6. The van der Waals surface area contributed by atoms with Gasteiger partial charge in [0, 0.05) is 4.47 Å². The number of hydrogen-bond acceptors (Lipinski definition) is 3. The Morgan fingerprint density at radius 2 is 1.84 bits per heavy atom. The third-order valence-electron chi connectivity index (χ3n) is 4.37. The Hall–Kier alpha value is -2.25. The standard InChI is InChI=1S/C21H20BrNO2/c1-24-20-11-6-15(13-21(20)25-19-4-2-3-5-19)12-17(14-23)16-7-9-18(22)10-8-16/h6-13,19H,2-5H2,1H3. The van der Waals surface area contributed by atoms with Crippen molar-refractivity contribution in [1.29, 1.82) is 5.26 Å². The normalized spacial score (nSPS) is 15.0. The number of ether oxygens (including phenoxy) is 2. The molecule has 0 heterocycles. The summed E-state index contributed by atoms with van der Waals surface area (Å²) in [6.07, 6.45) is 6.75. The molecule has 1 fully saturated rings. The first-order chi connectivity index (χ1) is 12.2. The molecule has 0 aliphatic heterocycles. The molecule has 3 rings (SSSR count). The lowest BCUT2D eigenvalue weighted by molar-refractivity contribution is 0.201. The van der Waals surface area contributed by atoms with E-state index in [4.69, 9.17) is 9.47 Å². The quantitative estimate of drug-likeness (QED) is 0.469. The van der Waals surface area contributed by atoms with Crippen LogP contribution in [0, 0.1) is 11.3 Å². The second-order valence-corrected chi connectivity index (χ2v) is 7.03. The van der Waals surface area contributed by atoms with Crippen LogP contribution in [0.2, 0.25) is 0 Å². The Morgan fingerprint density at radius 1 is 1.12 bits per heavy atom. The number of rotatable bonds is 5. The number of benzene rings is 2. The molecule has 3 nitrogen and oxygen atoms in total. The highest BCUT2D eigenvalue weighted by Crippen LogP contribution is 2.33. The Balaban J connectivity index is 1.90. The molecule has 1 aliphatic carbocycles. The van der Waals surface area contributed by atoms with Gasteiger partial charge in [0.15, 0.2) is 11.5 Å². The maximum atomic E-state index is 9.52. The summed E-state index contributed by atoms with van der Waals surface area (Å²) in [5.74, 6) is 1.47. The topological polar surface area (TPSA) is 42.2 Å². The van der Waals surface area contributed by atoms with Crippen LogP contribution in [0.15, 0.2) is 46.9 Å². The summed E-state index contributed by atoms with van der Waals surface area (Å²) < 4.78 is 12.5. The third kappa shape index (κ3) is 4.43. The largest absolute Gasteiger partial charge is 0.493 e. The smallest absolute Gasteiger partial charge is 0.162 e. The van der Waals surface area contributed by atoms with Crippen LogP contribution in [0.1, 0.15) is 36.8 Å². The van der Waals surface area contributed by atoms with Crippen molar-refractivity contribution in [2.45, 2.75) is 31.8 Å². The molecule has 2 aromatic carbocycles. The second kappa shape index (κ2) is 8.22. The van der Waals surface area contributed by atoms with Gasteiger partial charge in [-0.3, -0.25) is 0 Å². The monoisotopic (exact) mass is 397 g/mol. The van der Waals surface area contributed by atoms with Gasteiger partial charge in [0.25, 0.3) is 0 Å². The zero-order valence-corrected chi connectivity index (χ0v) is 15.8. The fourth-order valence-electron chi connectivity index (χ4n) is 3.04. The van der Waals surface area contributed by atoms with E-state index in [-0.39, 0.29) is 6.10 Å². The maximum Gasteiger partial charge on any atom is 0.162 e. The van der Waals surface area contributed by atoms with Crippen molar-refractivity contribution in [3.05, 3.63) is 58.1 Å². The van der Waals surface area contributed by atoms with Crippen molar-refractivity contribution < 1.29 is 9.47 Å². The summed E-state index contributed by atoms with van der Waals surface area (Å²) in [4.78, 5) is 0. The summed E-state index contributed by atoms with van der Waals surface area (Å²) >= 11 is 3.42. The van der Waals surface area contributed by atoms with Crippen LogP contribution >= 0.6 is 15.9 Å². The van der Waals surface area contributed by atoms with Gasteiger partial charge in [0.2, 0.25) is 0 Å². The summed E-state index contributed by atoms with van der Waals surface area (Å²) in [6, 6.07) is 15.8. The van der Waals surface area contributed by atoms with E-state index in [2.05, 4.69) is 22.0 Å². The van der Waals surface area contributed by atoms with Crippen molar-refractivity contribution in [3.63, 3.8) is 0 Å². The lowest BCUT2D eigenvalue weighted by Crippen LogP contribution is -2.11. The van der Waals surface area contributed by atoms with Gasteiger partial charge in [-0.2, -0.15) is 5.26 Å². The lowest BCUT2D eigenvalue weighted by atomic mass is 10.0. The van der Waals surface area contributed by atoms with Crippen LogP contribution in [-0.4, -0.2) is 13.2 Å². The molecule has 1 aliphatic rings. The van der Waals surface area contributed by atoms with Crippen molar-refractivity contribution in [3.8, 4) is 17.6 Å². The zero-order valence-electron chi connectivity index (χ0n) is 14.2. The van der Waals surface area contributed by atoms with E-state index in [0.717, 1.165) is 39.9 Å². The molecule has 0 unspecified atom stereocenters. The number of nitrogens with zero attached hydrogens (tertiary/aromatic N) is 1. The first-order valence-corrected chi connectivity index (χ1v) is 9.21. The summed E-state index contributed by atoms with van der Waals surface area (Å²) in [5.41, 5.74) is 2.43. The van der Waals surface area contributed by atoms with E-state index in [0.29, 0.717) is 5.57 Å². The molecule has 1 saturated carbocycles. The number of nitriles is 1. The van der Waals surface area contributed by atoms with E-state index < -0.39 is 0 Å². The van der Waals surface area contributed by atoms with E-state index >= 15 is 0 Å². The molecule has 0 bridgehead atoms. The molecule has 0 N–H and O–H groups in total. The number of methoxy groups -OCH3 is 1. The predicted octanol–water partition coefficient (Wildman–Crippen LogP) is 5.84. The van der Waals surface area contributed by atoms with Crippen molar-refractivity contribution in [2.75, 3.05) is 7.11 Å². The van der Waals surface area contributed by atoms with Crippen LogP contribution in [0.3, 0.4) is 0 Å². The molecule has 2 aromatic rings. The third-order valence-corrected chi connectivity index (χ3v) is 4.90. The number of hydrogen-bond donors (Lipinski definition) is 0. The number of allylic oxidation sites excluding steroid dienone is 1. The predicted molar refractivity (Wildman–Crippen MR) is 104 cm³/mol. The van der Waals surface area contributed by atoms with Gasteiger partial charge in [-0.05, 0) is 67.2 Å². The van der Waals surface area contributed by atoms with Gasteiger partial charge in [-0.1, -0.05) is 34.1 Å². The molecule has 0 saturated heterocycles. The van der Waals surface area contributed by atoms with E-state index in [1.54, 1.807) is 7.11 Å². The fourth-order valence-corrected chi connectivity index (χ4v) is 3.30. The van der Waals surface area contributed by atoms with Crippen LogP contribution in [0.4, 0.5) is 0 Å². The Bertz CT molecular complexity index is 800. The Labute approximate surface area is 157 Å². The zero-order chi connectivity index (χ0) is 17.6. The fraction of sp³-hybridized carbons (Fsp3) is 0.286. The molecular formula is C21H20BrNO2. The maximum absolute atomic E-state index is 9.52. The highest BCUT2D eigenvalue weighted by atomic mass is 79.9. The van der Waals surface area contributed by atoms with Gasteiger partial charge in [0.05, 0.1) is 24.9 Å². The highest BCUT2D eigenvalue weighted by molar-refractivity contribution is 9.10. The molecule has 4 heteroatoms. The van der Waals surface area contributed by atoms with Crippen molar-refractivity contribution in [2.24, 2.45) is 0 Å². The second-order valence-electron chi connectivity index (χ2n) is 6.11. The SMILES string of the molecule is COc1ccc(C=C(C#N)c2ccc(Br)cc2)cc1OC1CCCC1. The summed E-state index contributed by atoms with van der Waals surface area (Å²) in [6.45, 7) is 0. The minimum atomic E-state index is 0.259. The van der Waals surface area contributed by atoms with Gasteiger partial charge in [-0.25, -0.2) is 0 Å². The van der Waals surface area contributed by atoms with Crippen LogP contribution < -0.4 is 9.47 Å².